The number of pyridine rings is 1. The van der Waals surface area contributed by atoms with Gasteiger partial charge in [-0.3, -0.25) is 15.2 Å². The van der Waals surface area contributed by atoms with Crippen molar-refractivity contribution in [1.82, 2.24) is 29.8 Å². The molecule has 1 aliphatic rings. The first-order valence-electron chi connectivity index (χ1n) is 11.2. The van der Waals surface area contributed by atoms with E-state index in [0.29, 0.717) is 17.3 Å². The molecule has 0 bridgehead atoms. The van der Waals surface area contributed by atoms with Crippen LogP contribution in [0.2, 0.25) is 0 Å². The molecule has 3 aromatic heterocycles. The highest BCUT2D eigenvalue weighted by molar-refractivity contribution is 5.96. The Morgan fingerprint density at radius 1 is 1.21 bits per heavy atom. The largest absolute Gasteiger partial charge is 0.450 e. The number of nitrogens with one attached hydrogen (secondary N) is 2. The van der Waals surface area contributed by atoms with E-state index in [9.17, 15) is 4.79 Å². The third kappa shape index (κ3) is 4.65. The normalized spacial score (nSPS) is 14.0. The van der Waals surface area contributed by atoms with Gasteiger partial charge in [0.25, 0.3) is 0 Å². The SMILES string of the molecule is C=C1CCN(Cc2ccc(-c3cc(-c4ncccn4)c4nc(NC(=O)OCC)[nH]c4c3)cn2)C1. The number of aromatic amines is 1. The smallest absolute Gasteiger partial charge is 0.413 e. The van der Waals surface area contributed by atoms with Gasteiger partial charge in [0.2, 0.25) is 5.95 Å². The highest BCUT2D eigenvalue weighted by atomic mass is 16.5. The topological polar surface area (TPSA) is 109 Å². The average Bonchev–Trinajstić information content (AvgIpc) is 3.44. The van der Waals surface area contributed by atoms with Crippen molar-refractivity contribution in [3.8, 4) is 22.5 Å². The molecule has 1 saturated heterocycles. The molecule has 1 aliphatic heterocycles. The van der Waals surface area contributed by atoms with Crippen LogP contribution in [0.1, 0.15) is 19.0 Å². The van der Waals surface area contributed by atoms with E-state index in [1.807, 2.05) is 18.3 Å². The Labute approximate surface area is 196 Å². The maximum atomic E-state index is 11.9. The number of hydrogen-bond acceptors (Lipinski definition) is 7. The van der Waals surface area contributed by atoms with Gasteiger partial charge in [0.1, 0.15) is 5.52 Å². The molecule has 172 valence electrons. The van der Waals surface area contributed by atoms with Crippen molar-refractivity contribution in [2.45, 2.75) is 19.9 Å². The van der Waals surface area contributed by atoms with Gasteiger partial charge in [-0.05, 0) is 43.2 Å². The van der Waals surface area contributed by atoms with Gasteiger partial charge in [0.05, 0.1) is 17.8 Å². The molecule has 1 amide bonds. The summed E-state index contributed by atoms with van der Waals surface area (Å²) in [6.07, 6.45) is 5.74. The number of benzene rings is 1. The lowest BCUT2D eigenvalue weighted by molar-refractivity contribution is 0.167. The van der Waals surface area contributed by atoms with E-state index in [4.69, 9.17) is 4.74 Å². The molecule has 0 saturated carbocycles. The zero-order valence-electron chi connectivity index (χ0n) is 18.9. The first kappa shape index (κ1) is 21.7. The minimum Gasteiger partial charge on any atom is -0.450 e. The molecule has 4 heterocycles. The van der Waals surface area contributed by atoms with Gasteiger partial charge in [-0.25, -0.2) is 19.7 Å². The van der Waals surface area contributed by atoms with Crippen LogP contribution < -0.4 is 5.32 Å². The lowest BCUT2D eigenvalue weighted by atomic mass is 10.0. The molecule has 34 heavy (non-hydrogen) atoms. The van der Waals surface area contributed by atoms with Crippen LogP contribution in [0.5, 0.6) is 0 Å². The number of likely N-dealkylation sites (tertiary alicyclic amines) is 1. The van der Waals surface area contributed by atoms with Crippen LogP contribution in [0.3, 0.4) is 0 Å². The van der Waals surface area contributed by atoms with Gasteiger partial charge >= 0.3 is 6.09 Å². The van der Waals surface area contributed by atoms with Crippen LogP contribution in [0, 0.1) is 0 Å². The van der Waals surface area contributed by atoms with Crippen LogP contribution in [0.4, 0.5) is 10.7 Å². The number of ether oxygens (including phenoxy) is 1. The second-order valence-electron chi connectivity index (χ2n) is 8.17. The summed E-state index contributed by atoms with van der Waals surface area (Å²) < 4.78 is 4.96. The maximum Gasteiger partial charge on any atom is 0.413 e. The van der Waals surface area contributed by atoms with E-state index < -0.39 is 6.09 Å². The van der Waals surface area contributed by atoms with Crippen molar-refractivity contribution >= 4 is 23.1 Å². The van der Waals surface area contributed by atoms with E-state index >= 15 is 0 Å². The predicted molar refractivity (Wildman–Crippen MR) is 130 cm³/mol. The second kappa shape index (κ2) is 9.40. The summed E-state index contributed by atoms with van der Waals surface area (Å²) in [5.74, 6) is 0.839. The molecular weight excluding hydrogens is 430 g/mol. The Bertz CT molecular complexity index is 1330. The van der Waals surface area contributed by atoms with Crippen molar-refractivity contribution in [2.75, 3.05) is 25.0 Å². The quantitative estimate of drug-likeness (QED) is 0.415. The number of nitrogens with zero attached hydrogens (tertiary/aromatic N) is 5. The first-order chi connectivity index (χ1) is 16.6. The average molecular weight is 456 g/mol. The van der Waals surface area contributed by atoms with E-state index in [1.54, 1.807) is 25.4 Å². The van der Waals surface area contributed by atoms with E-state index in [1.165, 1.54) is 5.57 Å². The number of fused-ring (bicyclic) bond motifs is 1. The second-order valence-corrected chi connectivity index (χ2v) is 8.17. The summed E-state index contributed by atoms with van der Waals surface area (Å²) in [6, 6.07) is 9.86. The third-order valence-electron chi connectivity index (χ3n) is 5.66. The van der Waals surface area contributed by atoms with E-state index in [-0.39, 0.29) is 6.61 Å². The Morgan fingerprint density at radius 3 is 2.76 bits per heavy atom. The Morgan fingerprint density at radius 2 is 2.06 bits per heavy atom. The summed E-state index contributed by atoms with van der Waals surface area (Å²) in [5, 5.41) is 2.62. The van der Waals surface area contributed by atoms with Crippen LogP contribution in [0.15, 0.2) is 61.1 Å². The van der Waals surface area contributed by atoms with Crippen LogP contribution >= 0.6 is 0 Å². The number of hydrogen-bond donors (Lipinski definition) is 2. The first-order valence-corrected chi connectivity index (χ1v) is 11.2. The van der Waals surface area contributed by atoms with Crippen LogP contribution in [0.25, 0.3) is 33.5 Å². The van der Waals surface area contributed by atoms with Crippen molar-refractivity contribution < 1.29 is 9.53 Å². The predicted octanol–water partition coefficient (Wildman–Crippen LogP) is 4.41. The summed E-state index contributed by atoms with van der Waals surface area (Å²) in [7, 11) is 0. The van der Waals surface area contributed by atoms with Gasteiger partial charge < -0.3 is 9.72 Å². The van der Waals surface area contributed by atoms with Gasteiger partial charge in [0.15, 0.2) is 5.82 Å². The number of imidazole rings is 1. The maximum absolute atomic E-state index is 11.9. The molecule has 0 aliphatic carbocycles. The standard InChI is InChI=1S/C25H25N7O2/c1-3-34-25(33)31-24-29-21-12-18(11-20(22(21)30-24)23-26-8-4-9-27-23)17-5-6-19(28-13-17)15-32-10-7-16(2)14-32/h4-6,8-9,11-13H,2-3,7,10,14-15H2,1H3,(H2,29,30,31,33). The molecule has 0 atom stereocenters. The molecule has 1 aromatic carbocycles. The van der Waals surface area contributed by atoms with Gasteiger partial charge in [-0.2, -0.15) is 0 Å². The minimum atomic E-state index is -0.569. The highest BCUT2D eigenvalue weighted by Gasteiger charge is 2.17. The van der Waals surface area contributed by atoms with Crippen molar-refractivity contribution in [3.05, 3.63) is 66.8 Å². The molecule has 1 fully saturated rings. The van der Waals surface area contributed by atoms with Gasteiger partial charge in [-0.15, -0.1) is 0 Å². The summed E-state index contributed by atoms with van der Waals surface area (Å²) in [6.45, 7) is 8.87. The molecule has 0 unspecified atom stereocenters. The van der Waals surface area contributed by atoms with Gasteiger partial charge in [0, 0.05) is 49.4 Å². The number of H-pyrrole nitrogens is 1. The number of anilines is 1. The van der Waals surface area contributed by atoms with Crippen LogP contribution in [-0.2, 0) is 11.3 Å². The summed E-state index contributed by atoms with van der Waals surface area (Å²) in [4.78, 5) is 35.4. The zero-order chi connectivity index (χ0) is 23.5. The lowest BCUT2D eigenvalue weighted by Gasteiger charge is -2.14. The Kier molecular flexibility index (Phi) is 6.01. The van der Waals surface area contributed by atoms with E-state index in [2.05, 4.69) is 53.8 Å². The van der Waals surface area contributed by atoms with Crippen molar-refractivity contribution in [3.63, 3.8) is 0 Å². The fourth-order valence-corrected chi connectivity index (χ4v) is 4.06. The van der Waals surface area contributed by atoms with Crippen LogP contribution in [-0.4, -0.2) is 55.6 Å². The number of carbonyl (C=O) groups is 1. The molecule has 9 nitrogen and oxygen atoms in total. The number of rotatable bonds is 6. The summed E-state index contributed by atoms with van der Waals surface area (Å²) in [5.41, 5.74) is 6.34. The zero-order valence-corrected chi connectivity index (χ0v) is 18.9. The van der Waals surface area contributed by atoms with Crippen molar-refractivity contribution in [2.24, 2.45) is 0 Å². The molecule has 2 N–H and O–H groups in total. The van der Waals surface area contributed by atoms with Gasteiger partial charge in [-0.1, -0.05) is 18.2 Å². The fraction of sp³-hybridized carbons (Fsp3) is 0.240. The monoisotopic (exact) mass is 455 g/mol. The fourth-order valence-electron chi connectivity index (χ4n) is 4.06. The molecule has 4 aromatic rings. The molecule has 5 rings (SSSR count). The molecule has 0 spiro atoms. The third-order valence-corrected chi connectivity index (χ3v) is 5.66. The molecule has 9 heteroatoms. The van der Waals surface area contributed by atoms with Crippen molar-refractivity contribution in [1.29, 1.82) is 0 Å². The number of aromatic nitrogens is 5. The Hall–Kier alpha value is -4.11. The molecular formula is C25H25N7O2. The Balaban J connectivity index is 1.49. The summed E-state index contributed by atoms with van der Waals surface area (Å²) >= 11 is 0. The lowest BCUT2D eigenvalue weighted by Crippen LogP contribution is -2.19. The highest BCUT2D eigenvalue weighted by Crippen LogP contribution is 2.32. The molecule has 0 radical (unpaired) electrons. The van der Waals surface area contributed by atoms with E-state index in [0.717, 1.165) is 54.0 Å². The number of carbonyl (C=O) groups excluding carboxylic acids is 1. The minimum absolute atomic E-state index is 0.273. The number of amides is 1.